The van der Waals surface area contributed by atoms with Gasteiger partial charge in [-0.3, -0.25) is 0 Å². The molecule has 0 aliphatic heterocycles. The summed E-state index contributed by atoms with van der Waals surface area (Å²) in [6.45, 7) is 25.8. The van der Waals surface area contributed by atoms with Crippen LogP contribution in [0.15, 0.2) is 24.3 Å². The van der Waals surface area contributed by atoms with E-state index in [1.807, 2.05) is 0 Å². The quantitative estimate of drug-likeness (QED) is 0.113. The van der Waals surface area contributed by atoms with Crippen molar-refractivity contribution in [2.45, 2.75) is 119 Å². The maximum atomic E-state index is 6.45. The lowest BCUT2D eigenvalue weighted by molar-refractivity contribution is 0.813. The van der Waals surface area contributed by atoms with Gasteiger partial charge in [-0.1, -0.05) is 107 Å². The Morgan fingerprint density at radius 2 is 0.500 bits per heavy atom. The molecule has 0 spiro atoms. The first-order valence-corrected chi connectivity index (χ1v) is 41.8. The van der Waals surface area contributed by atoms with Gasteiger partial charge in [-0.25, -0.2) is 0 Å². The molecule has 2 aromatic carbocycles. The molecule has 0 N–H and O–H groups in total. The molecule has 0 radical (unpaired) electrons. The van der Waals surface area contributed by atoms with Crippen LogP contribution in [-0.4, -0.2) is 22.7 Å². The molecule has 0 unspecified atom stereocenters. The summed E-state index contributed by atoms with van der Waals surface area (Å²) >= 11 is 77.4. The number of hydrogen-bond donors (Lipinski definition) is 0. The van der Waals surface area contributed by atoms with Crippen molar-refractivity contribution in [3.63, 3.8) is 0 Å². The second kappa shape index (κ2) is 19.7. The van der Waals surface area contributed by atoms with Gasteiger partial charge in [0.05, 0.1) is 0 Å². The second-order valence-electron chi connectivity index (χ2n) is 13.6. The van der Waals surface area contributed by atoms with E-state index in [4.69, 9.17) is 133 Å². The Kier molecular flexibility index (Phi) is 20.4. The second-order valence-corrected chi connectivity index (χ2v) is 72.5. The van der Waals surface area contributed by atoms with Gasteiger partial charge >= 0.3 is 22.7 Å². The standard InChI is InChI=1S/2C15H23Cl6PSi2/c2*1-9(2)12-7-13(10(3)4)15(14(8-12)11(5)6)22(23(16,17)18)24(19,20)21/h2*7-11H,1-6H3. The molecule has 0 aliphatic rings. The molecule has 48 heavy (non-hydrogen) atoms. The number of hydrogen-bond acceptors (Lipinski definition) is 0. The van der Waals surface area contributed by atoms with Gasteiger partial charge in [0.15, 0.2) is 0 Å². The highest BCUT2D eigenvalue weighted by Gasteiger charge is 2.55. The molecule has 0 saturated heterocycles. The maximum absolute atomic E-state index is 6.45. The van der Waals surface area contributed by atoms with E-state index in [1.54, 1.807) is 0 Å². The van der Waals surface area contributed by atoms with Crippen LogP contribution in [0.25, 0.3) is 0 Å². The highest BCUT2D eigenvalue weighted by molar-refractivity contribution is 8.47. The molecule has 0 nitrogen and oxygen atoms in total. The Morgan fingerprint density at radius 1 is 0.333 bits per heavy atom. The molecule has 0 saturated carbocycles. The fraction of sp³-hybridized carbons (Fsp3) is 0.600. The molecule has 0 atom stereocenters. The SMILES string of the molecule is CC(C)c1cc(C(C)C)c(P([Si](Cl)(Cl)Cl)[Si](Cl)(Cl)Cl)c(C(C)C)c1.CC(C)c1cc(C(C)C)c(P([Si](Cl)(Cl)Cl)[Si](Cl)(Cl)Cl)c(C(C)C)c1. The first-order chi connectivity index (χ1) is 21.3. The molecule has 18 heteroatoms. The number of halogens is 12. The summed E-state index contributed by atoms with van der Waals surface area (Å²) in [6.07, 6.45) is 0. The maximum Gasteiger partial charge on any atom is 0.369 e. The molecule has 2 rings (SSSR count). The smallest absolute Gasteiger partial charge is 0.121 e. The number of benzene rings is 2. The predicted octanol–water partition coefficient (Wildman–Crippen LogP) is 16.9. The predicted molar refractivity (Wildman–Crippen MR) is 244 cm³/mol. The summed E-state index contributed by atoms with van der Waals surface area (Å²) in [4.78, 5) is 0. The van der Waals surface area contributed by atoms with Crippen LogP contribution in [0.3, 0.4) is 0 Å². The number of rotatable bonds is 12. The lowest BCUT2D eigenvalue weighted by Crippen LogP contribution is -2.33. The lowest BCUT2D eigenvalue weighted by atomic mass is 9.89. The van der Waals surface area contributed by atoms with E-state index in [2.05, 4.69) is 107 Å². The van der Waals surface area contributed by atoms with Crippen LogP contribution in [0.1, 0.15) is 152 Å². The van der Waals surface area contributed by atoms with Crippen LogP contribution in [-0.2, 0) is 0 Å². The van der Waals surface area contributed by atoms with Gasteiger partial charge in [0.25, 0.3) is 0 Å². The fourth-order valence-electron chi connectivity index (χ4n) is 5.15. The summed E-state index contributed by atoms with van der Waals surface area (Å²) in [7, 11) is -2.81. The van der Waals surface area contributed by atoms with Gasteiger partial charge in [0, 0.05) is 0 Å². The zero-order chi connectivity index (χ0) is 38.1. The Morgan fingerprint density at radius 3 is 0.604 bits per heavy atom. The van der Waals surface area contributed by atoms with Gasteiger partial charge in [-0.2, -0.15) is 0 Å². The normalized spacial score (nSPS) is 13.7. The van der Waals surface area contributed by atoms with Crippen molar-refractivity contribution in [2.24, 2.45) is 0 Å². The zero-order valence-corrected chi connectivity index (χ0v) is 44.1. The topological polar surface area (TPSA) is 0 Å². The van der Waals surface area contributed by atoms with Gasteiger partial charge in [0.2, 0.25) is 0 Å². The molecule has 0 aliphatic carbocycles. The van der Waals surface area contributed by atoms with E-state index in [1.165, 1.54) is 11.1 Å². The summed E-state index contributed by atoms with van der Waals surface area (Å²) in [5.41, 5.74) is -5.66. The highest BCUT2D eigenvalue weighted by Crippen LogP contribution is 2.66. The van der Waals surface area contributed by atoms with Gasteiger partial charge in [0.1, 0.15) is 0 Å². The summed E-state index contributed by atoms with van der Waals surface area (Å²) in [5.74, 6) is 1.89. The van der Waals surface area contributed by atoms with Crippen molar-refractivity contribution in [2.75, 3.05) is 0 Å². The summed E-state index contributed by atoms with van der Waals surface area (Å²) in [5, 5.41) is 2.05. The lowest BCUT2D eigenvalue weighted by Gasteiger charge is -2.34. The van der Waals surface area contributed by atoms with Gasteiger partial charge < -0.3 is 0 Å². The van der Waals surface area contributed by atoms with Crippen molar-refractivity contribution in [3.8, 4) is 0 Å². The summed E-state index contributed by atoms with van der Waals surface area (Å²) in [6, 6.07) is 8.84. The van der Waals surface area contributed by atoms with E-state index >= 15 is 0 Å². The summed E-state index contributed by atoms with van der Waals surface area (Å²) < 4.78 is 0. The molecule has 0 bridgehead atoms. The monoisotopic (exact) mass is 1000 g/mol. The Labute approximate surface area is 352 Å². The van der Waals surface area contributed by atoms with Crippen molar-refractivity contribution < 1.29 is 0 Å². The van der Waals surface area contributed by atoms with Crippen molar-refractivity contribution in [3.05, 3.63) is 57.6 Å². The van der Waals surface area contributed by atoms with E-state index in [0.29, 0.717) is 11.8 Å². The minimum absolute atomic E-state index is 0.267. The molecule has 276 valence electrons. The first kappa shape index (κ1) is 49.7. The van der Waals surface area contributed by atoms with Crippen LogP contribution >= 0.6 is 147 Å². The molecule has 2 aromatic rings. The third-order valence-corrected chi connectivity index (χ3v) is 66.0. The molecule has 0 aromatic heterocycles. The van der Waals surface area contributed by atoms with Crippen molar-refractivity contribution in [1.29, 1.82) is 0 Å². The average Bonchev–Trinajstić information content (AvgIpc) is 2.84. The molecule has 0 heterocycles. The average molecular weight is 1010 g/mol. The molecule has 0 fully saturated rings. The molecule has 0 amide bonds. The van der Waals surface area contributed by atoms with Crippen LogP contribution in [0.4, 0.5) is 0 Å². The van der Waals surface area contributed by atoms with Crippen LogP contribution in [0, 0.1) is 0 Å². The van der Waals surface area contributed by atoms with Crippen molar-refractivity contribution >= 4 is 180 Å². The molecular formula is C30H46Cl12P2Si4. The molecular weight excluding hydrogens is 960 g/mol. The van der Waals surface area contributed by atoms with E-state index in [-0.39, 0.29) is 23.7 Å². The van der Waals surface area contributed by atoms with E-state index in [0.717, 1.165) is 32.9 Å². The van der Waals surface area contributed by atoms with Gasteiger partial charge in [-0.05, 0) is 93.5 Å². The first-order valence-electron chi connectivity index (χ1n) is 15.6. The van der Waals surface area contributed by atoms with E-state index < -0.39 is 36.7 Å². The minimum atomic E-state index is -3.21. The fourth-order valence-corrected chi connectivity index (χ4v) is 93.3. The minimum Gasteiger partial charge on any atom is -0.121 e. The Bertz CT molecular complexity index is 1170. The Balaban J connectivity index is 0.000000480. The largest absolute Gasteiger partial charge is 0.369 e. The van der Waals surface area contributed by atoms with Gasteiger partial charge in [-0.15, -0.1) is 133 Å². The third kappa shape index (κ3) is 14.0. The van der Waals surface area contributed by atoms with E-state index in [9.17, 15) is 0 Å². The van der Waals surface area contributed by atoms with Crippen LogP contribution in [0.5, 0.6) is 0 Å². The Hall–Kier alpha value is 3.65. The highest BCUT2D eigenvalue weighted by atomic mass is 35.9. The third-order valence-electron chi connectivity index (χ3n) is 7.67. The van der Waals surface area contributed by atoms with Crippen LogP contribution in [0.2, 0.25) is 0 Å². The zero-order valence-electron chi connectivity index (χ0n) is 29.2. The van der Waals surface area contributed by atoms with Crippen LogP contribution < -0.4 is 10.6 Å². The van der Waals surface area contributed by atoms with Crippen molar-refractivity contribution in [1.82, 2.24) is 0 Å².